The molecule has 6 nitrogen and oxygen atoms in total. The van der Waals surface area contributed by atoms with Crippen LogP contribution in [0.15, 0.2) is 84.9 Å². The molecule has 0 atom stereocenters. The van der Waals surface area contributed by atoms with Crippen LogP contribution >= 0.6 is 45.2 Å². The maximum absolute atomic E-state index is 12.6. The molecule has 0 spiro atoms. The summed E-state index contributed by atoms with van der Waals surface area (Å²) in [4.78, 5) is 25.2. The van der Waals surface area contributed by atoms with Crippen LogP contribution in [0.4, 0.5) is 11.4 Å². The van der Waals surface area contributed by atoms with E-state index in [1.165, 1.54) is 0 Å². The van der Waals surface area contributed by atoms with Crippen molar-refractivity contribution < 1.29 is 19.1 Å². The summed E-state index contributed by atoms with van der Waals surface area (Å²) in [6.45, 7) is 0. The van der Waals surface area contributed by atoms with Crippen molar-refractivity contribution in [1.82, 2.24) is 0 Å². The molecule has 0 fully saturated rings. The molecule has 0 heterocycles. The number of ether oxygens (including phenoxy) is 2. The minimum atomic E-state index is -0.185. The Morgan fingerprint density at radius 3 is 1.25 bits per heavy atom. The van der Waals surface area contributed by atoms with Gasteiger partial charge in [0.05, 0.1) is 21.4 Å². The van der Waals surface area contributed by atoms with E-state index in [1.807, 2.05) is 48.5 Å². The van der Waals surface area contributed by atoms with Crippen molar-refractivity contribution in [1.29, 1.82) is 0 Å². The van der Waals surface area contributed by atoms with Gasteiger partial charge in [0.25, 0.3) is 11.8 Å². The van der Waals surface area contributed by atoms with Crippen LogP contribution in [0.3, 0.4) is 0 Å². The van der Waals surface area contributed by atoms with E-state index in [1.54, 1.807) is 50.6 Å². The molecule has 0 aliphatic carbocycles. The number of halogens is 2. The first-order chi connectivity index (χ1) is 17.4. The topological polar surface area (TPSA) is 76.7 Å². The van der Waals surface area contributed by atoms with Gasteiger partial charge in [0.2, 0.25) is 0 Å². The van der Waals surface area contributed by atoms with Crippen molar-refractivity contribution in [2.45, 2.75) is 0 Å². The Bertz CT molecular complexity index is 1300. The molecule has 0 aromatic heterocycles. The molecule has 0 saturated heterocycles. The molecule has 36 heavy (non-hydrogen) atoms. The second-order valence-corrected chi connectivity index (χ2v) is 10.1. The maximum Gasteiger partial charge on any atom is 0.255 e. The molecular weight excluding hydrogens is 682 g/mol. The molecule has 0 aliphatic rings. The lowest BCUT2D eigenvalue weighted by Crippen LogP contribution is -2.12. The van der Waals surface area contributed by atoms with Crippen LogP contribution < -0.4 is 20.1 Å². The van der Waals surface area contributed by atoms with Gasteiger partial charge in [-0.2, -0.15) is 0 Å². The van der Waals surface area contributed by atoms with Crippen molar-refractivity contribution in [2.75, 3.05) is 24.9 Å². The molecule has 182 valence electrons. The minimum absolute atomic E-state index is 0.185. The van der Waals surface area contributed by atoms with Crippen molar-refractivity contribution >= 4 is 68.4 Å². The van der Waals surface area contributed by atoms with Gasteiger partial charge in [0, 0.05) is 22.5 Å². The summed E-state index contributed by atoms with van der Waals surface area (Å²) in [6, 6.07) is 25.9. The van der Waals surface area contributed by atoms with Crippen LogP contribution in [0.1, 0.15) is 20.7 Å². The Morgan fingerprint density at radius 2 is 0.944 bits per heavy atom. The van der Waals surface area contributed by atoms with Gasteiger partial charge >= 0.3 is 0 Å². The number of hydrogen-bond acceptors (Lipinski definition) is 4. The Morgan fingerprint density at radius 1 is 0.583 bits per heavy atom. The fourth-order valence-electron chi connectivity index (χ4n) is 3.51. The molecule has 2 N–H and O–H groups in total. The minimum Gasteiger partial charge on any atom is -0.496 e. The van der Waals surface area contributed by atoms with Crippen LogP contribution in [-0.4, -0.2) is 26.0 Å². The zero-order valence-corrected chi connectivity index (χ0v) is 23.8. The number of benzene rings is 4. The normalized spacial score (nSPS) is 10.4. The van der Waals surface area contributed by atoms with Gasteiger partial charge in [0.1, 0.15) is 11.5 Å². The second kappa shape index (κ2) is 11.7. The molecule has 0 bridgehead atoms. The predicted molar refractivity (Wildman–Crippen MR) is 159 cm³/mol. The summed E-state index contributed by atoms with van der Waals surface area (Å²) in [5.74, 6) is 1.10. The van der Waals surface area contributed by atoms with Crippen LogP contribution in [0.2, 0.25) is 0 Å². The number of carbonyl (C=O) groups excluding carboxylic acids is 2. The highest BCUT2D eigenvalue weighted by Gasteiger charge is 2.11. The van der Waals surface area contributed by atoms with E-state index in [4.69, 9.17) is 9.47 Å². The summed E-state index contributed by atoms with van der Waals surface area (Å²) >= 11 is 4.29. The van der Waals surface area contributed by atoms with E-state index >= 15 is 0 Å². The lowest BCUT2D eigenvalue weighted by molar-refractivity contribution is 0.101. The second-order valence-electron chi connectivity index (χ2n) is 7.76. The third-order valence-corrected chi connectivity index (χ3v) is 7.13. The Hall–Kier alpha value is -3.12. The van der Waals surface area contributed by atoms with E-state index in [9.17, 15) is 9.59 Å². The molecule has 4 rings (SSSR count). The van der Waals surface area contributed by atoms with Gasteiger partial charge in [-0.15, -0.1) is 0 Å². The summed E-state index contributed by atoms with van der Waals surface area (Å²) < 4.78 is 12.2. The summed E-state index contributed by atoms with van der Waals surface area (Å²) in [5, 5.41) is 5.84. The highest BCUT2D eigenvalue weighted by Crippen LogP contribution is 2.26. The summed E-state index contributed by atoms with van der Waals surface area (Å²) in [7, 11) is 3.21. The van der Waals surface area contributed by atoms with Crippen LogP contribution in [0.5, 0.6) is 11.5 Å². The first kappa shape index (κ1) is 26.0. The van der Waals surface area contributed by atoms with Crippen LogP contribution in [0.25, 0.3) is 11.1 Å². The molecule has 0 unspecified atom stereocenters. The number of methoxy groups -OCH3 is 2. The third kappa shape index (κ3) is 6.16. The molecule has 4 aromatic carbocycles. The van der Waals surface area contributed by atoms with E-state index in [0.717, 1.165) is 29.8 Å². The van der Waals surface area contributed by atoms with Crippen molar-refractivity contribution in [3.05, 3.63) is 103 Å². The quantitative estimate of drug-likeness (QED) is 0.202. The van der Waals surface area contributed by atoms with Crippen LogP contribution in [0, 0.1) is 7.14 Å². The molecule has 0 aliphatic heterocycles. The van der Waals surface area contributed by atoms with E-state index in [2.05, 4.69) is 55.8 Å². The largest absolute Gasteiger partial charge is 0.496 e. The molecule has 0 saturated carbocycles. The standard InChI is InChI=1S/C28H22I2N2O4/c1-35-25-13-7-19(15-23(25)29)27(33)31-21-9-3-17(4-10-21)18-5-11-22(12-6-18)32-28(34)20-8-14-26(36-2)24(30)16-20/h3-16H,1-2H3,(H,31,33)(H,32,34). The summed E-state index contributed by atoms with van der Waals surface area (Å²) in [6.07, 6.45) is 0. The number of hydrogen-bond donors (Lipinski definition) is 2. The number of nitrogens with one attached hydrogen (secondary N) is 2. The Labute approximate surface area is 236 Å². The zero-order chi connectivity index (χ0) is 25.7. The van der Waals surface area contributed by atoms with E-state index < -0.39 is 0 Å². The molecule has 2 amide bonds. The summed E-state index contributed by atoms with van der Waals surface area (Å²) in [5.41, 5.74) is 4.52. The fraction of sp³-hybridized carbons (Fsp3) is 0.0714. The Kier molecular flexibility index (Phi) is 8.47. The number of rotatable bonds is 7. The lowest BCUT2D eigenvalue weighted by atomic mass is 10.0. The monoisotopic (exact) mass is 704 g/mol. The van der Waals surface area contributed by atoms with Gasteiger partial charge in [-0.1, -0.05) is 24.3 Å². The average Bonchev–Trinajstić information content (AvgIpc) is 2.89. The van der Waals surface area contributed by atoms with Gasteiger partial charge in [-0.25, -0.2) is 0 Å². The zero-order valence-electron chi connectivity index (χ0n) is 19.5. The smallest absolute Gasteiger partial charge is 0.255 e. The first-order valence-electron chi connectivity index (χ1n) is 10.9. The number of amides is 2. The van der Waals surface area contributed by atoms with Gasteiger partial charge in [-0.05, 0) is 117 Å². The highest BCUT2D eigenvalue weighted by molar-refractivity contribution is 14.1. The number of anilines is 2. The number of carbonyl (C=O) groups is 2. The van der Waals surface area contributed by atoms with Crippen molar-refractivity contribution in [2.24, 2.45) is 0 Å². The van der Waals surface area contributed by atoms with E-state index in [0.29, 0.717) is 22.5 Å². The van der Waals surface area contributed by atoms with Crippen LogP contribution in [-0.2, 0) is 0 Å². The predicted octanol–water partition coefficient (Wildman–Crippen LogP) is 7.08. The van der Waals surface area contributed by atoms with Gasteiger partial charge in [-0.3, -0.25) is 9.59 Å². The highest BCUT2D eigenvalue weighted by atomic mass is 127. The van der Waals surface area contributed by atoms with E-state index in [-0.39, 0.29) is 11.8 Å². The maximum atomic E-state index is 12.6. The average molecular weight is 704 g/mol. The molecule has 8 heteroatoms. The SMILES string of the molecule is COc1ccc(C(=O)Nc2ccc(-c3ccc(NC(=O)c4ccc(OC)c(I)c4)cc3)cc2)cc1I. The first-order valence-corrected chi connectivity index (χ1v) is 13.0. The third-order valence-electron chi connectivity index (χ3n) is 5.45. The van der Waals surface area contributed by atoms with Crippen molar-refractivity contribution in [3.8, 4) is 22.6 Å². The molecular formula is C28H22I2N2O4. The van der Waals surface area contributed by atoms with Gasteiger partial charge < -0.3 is 20.1 Å². The fourth-order valence-corrected chi connectivity index (χ4v) is 4.98. The lowest BCUT2D eigenvalue weighted by Gasteiger charge is -2.10. The van der Waals surface area contributed by atoms with Crippen molar-refractivity contribution in [3.63, 3.8) is 0 Å². The molecule has 4 aromatic rings. The Balaban J connectivity index is 1.39. The molecule has 0 radical (unpaired) electrons. The van der Waals surface area contributed by atoms with Gasteiger partial charge in [0.15, 0.2) is 0 Å².